The van der Waals surface area contributed by atoms with Crippen molar-refractivity contribution in [2.24, 2.45) is 10.9 Å². The van der Waals surface area contributed by atoms with Crippen molar-refractivity contribution < 1.29 is 40.7 Å². The first-order valence-electron chi connectivity index (χ1n) is 10.6. The molecule has 1 unspecified atom stereocenters. The summed E-state index contributed by atoms with van der Waals surface area (Å²) in [6.07, 6.45) is -6.87. The zero-order valence-corrected chi connectivity index (χ0v) is 19.4. The number of ether oxygens (including phenoxy) is 1. The van der Waals surface area contributed by atoms with Crippen molar-refractivity contribution in [1.82, 2.24) is 5.32 Å². The maximum atomic E-state index is 15.1. The average Bonchev–Trinajstić information content (AvgIpc) is 3.20. The number of nitrogens with one attached hydrogen (secondary N) is 2. The van der Waals surface area contributed by atoms with Crippen molar-refractivity contribution >= 4 is 34.4 Å². The molecule has 0 spiro atoms. The lowest BCUT2D eigenvalue weighted by Crippen LogP contribution is -2.47. The number of amides is 2. The van der Waals surface area contributed by atoms with Crippen LogP contribution in [0.15, 0.2) is 53.5 Å². The molecule has 13 heteroatoms. The molecule has 2 aliphatic heterocycles. The lowest BCUT2D eigenvalue weighted by molar-refractivity contribution is -0.167. The zero-order chi connectivity index (χ0) is 26.3. The first kappa shape index (κ1) is 26.0. The van der Waals surface area contributed by atoms with E-state index in [0.29, 0.717) is 12.5 Å². The van der Waals surface area contributed by atoms with Crippen molar-refractivity contribution in [2.75, 3.05) is 17.7 Å². The van der Waals surface area contributed by atoms with Gasteiger partial charge in [0.15, 0.2) is 5.17 Å². The number of nitrogens with zero attached hydrogens (tertiary/aromatic N) is 1. The second kappa shape index (κ2) is 9.43. The van der Waals surface area contributed by atoms with Gasteiger partial charge in [0.05, 0.1) is 6.61 Å². The van der Waals surface area contributed by atoms with Gasteiger partial charge in [-0.15, -0.1) is 0 Å². The fourth-order valence-electron chi connectivity index (χ4n) is 4.21. The Kier molecular flexibility index (Phi) is 6.82. The first-order chi connectivity index (χ1) is 16.8. The second-order valence-corrected chi connectivity index (χ2v) is 9.42. The molecular formula is C23H19F6N3O3S. The Balaban J connectivity index is 1.76. The number of carbonyl (C=O) groups excluding carboxylic acids is 2. The molecule has 36 heavy (non-hydrogen) atoms. The smallest absolute Gasteiger partial charge is 0.369 e. The number of fused-ring (bicyclic) bond motifs is 1. The molecular weight excluding hydrogens is 512 g/mol. The number of amidine groups is 1. The van der Waals surface area contributed by atoms with Gasteiger partial charge in [-0.3, -0.25) is 9.59 Å². The maximum Gasteiger partial charge on any atom is 0.471 e. The predicted octanol–water partition coefficient (Wildman–Crippen LogP) is 4.72. The van der Waals surface area contributed by atoms with Crippen molar-refractivity contribution in [2.45, 2.75) is 30.7 Å². The van der Waals surface area contributed by atoms with Crippen LogP contribution in [0.3, 0.4) is 0 Å². The average molecular weight is 531 g/mol. The number of hydrogen-bond donors (Lipinski definition) is 2. The highest BCUT2D eigenvalue weighted by Gasteiger charge is 2.60. The number of thioether (sulfide) groups is 1. The van der Waals surface area contributed by atoms with Gasteiger partial charge < -0.3 is 15.4 Å². The van der Waals surface area contributed by atoms with E-state index in [0.717, 1.165) is 30.0 Å². The number of alkyl halides is 5. The Morgan fingerprint density at radius 3 is 2.42 bits per heavy atom. The second-order valence-electron chi connectivity index (χ2n) is 8.41. The van der Waals surface area contributed by atoms with E-state index in [1.807, 2.05) is 0 Å². The fourth-order valence-corrected chi connectivity index (χ4v) is 5.39. The molecule has 2 aromatic rings. The molecule has 3 atom stereocenters. The summed E-state index contributed by atoms with van der Waals surface area (Å²) in [5.41, 5.74) is -2.25. The number of rotatable bonds is 4. The van der Waals surface area contributed by atoms with Gasteiger partial charge in [0.2, 0.25) is 0 Å². The largest absolute Gasteiger partial charge is 0.471 e. The lowest BCUT2D eigenvalue weighted by atomic mass is 9.77. The summed E-state index contributed by atoms with van der Waals surface area (Å²) in [6, 6.07) is 10.7. The minimum Gasteiger partial charge on any atom is -0.369 e. The number of anilines is 1. The molecule has 1 fully saturated rings. The first-order valence-corrected chi connectivity index (χ1v) is 11.6. The molecule has 0 aliphatic carbocycles. The van der Waals surface area contributed by atoms with Gasteiger partial charge in [-0.25, -0.2) is 18.2 Å². The Labute approximate surface area is 205 Å². The molecule has 2 aliphatic rings. The van der Waals surface area contributed by atoms with Crippen LogP contribution in [0, 0.1) is 11.7 Å². The molecule has 2 N–H and O–H groups in total. The monoisotopic (exact) mass is 531 g/mol. The van der Waals surface area contributed by atoms with E-state index in [1.54, 1.807) is 35.6 Å². The Bertz CT molecular complexity index is 1200. The quantitative estimate of drug-likeness (QED) is 0.560. The highest BCUT2D eigenvalue weighted by molar-refractivity contribution is 8.13. The van der Waals surface area contributed by atoms with Crippen LogP contribution in [-0.2, 0) is 15.1 Å². The van der Waals surface area contributed by atoms with E-state index in [4.69, 9.17) is 4.74 Å². The third-order valence-corrected chi connectivity index (χ3v) is 6.86. The SMILES string of the molecule is CC(F)(F)C1OC[C@]2(c3cc(NC(=O)C(F)(F)F)ccc3F)N=C(NC(=O)c3ccccc3)SC[C@H]12. The zero-order valence-electron chi connectivity index (χ0n) is 18.5. The number of hydrogen-bond acceptors (Lipinski definition) is 5. The predicted molar refractivity (Wildman–Crippen MR) is 120 cm³/mol. The van der Waals surface area contributed by atoms with Crippen LogP contribution in [0.4, 0.5) is 32.0 Å². The van der Waals surface area contributed by atoms with E-state index >= 15 is 4.39 Å². The Morgan fingerprint density at radius 1 is 1.08 bits per heavy atom. The standard InChI is InChI=1S/C23H19F6N3O3S/c1-21(25,26)17-15-10-36-20(31-18(33)12-5-3-2-4-6-12)32-22(15,11-35-17)14-9-13(7-8-16(14)24)30-19(34)23(27,28)29/h2-9,15,17H,10-11H2,1H3,(H,30,34)(H,31,32,33)/t15-,17?,22-/m1/s1. The van der Waals surface area contributed by atoms with Crippen molar-refractivity contribution in [1.29, 1.82) is 0 Å². The highest BCUT2D eigenvalue weighted by Crippen LogP contribution is 2.51. The summed E-state index contributed by atoms with van der Waals surface area (Å²) in [7, 11) is 0. The van der Waals surface area contributed by atoms with Crippen LogP contribution in [0.2, 0.25) is 0 Å². The van der Waals surface area contributed by atoms with Crippen LogP contribution in [-0.4, -0.2) is 47.5 Å². The third-order valence-electron chi connectivity index (χ3n) is 5.87. The Hall–Kier alpha value is -3.06. The number of benzene rings is 2. The molecule has 0 bridgehead atoms. The Morgan fingerprint density at radius 2 is 1.78 bits per heavy atom. The van der Waals surface area contributed by atoms with Crippen molar-refractivity contribution in [3.8, 4) is 0 Å². The molecule has 0 radical (unpaired) electrons. The van der Waals surface area contributed by atoms with Crippen LogP contribution in [0.1, 0.15) is 22.8 Å². The van der Waals surface area contributed by atoms with E-state index < -0.39 is 59.6 Å². The van der Waals surface area contributed by atoms with Crippen LogP contribution in [0.5, 0.6) is 0 Å². The number of carbonyl (C=O) groups is 2. The molecule has 2 amide bonds. The number of halogens is 6. The molecule has 0 aromatic heterocycles. The fraction of sp³-hybridized carbons (Fsp3) is 0.348. The van der Waals surface area contributed by atoms with E-state index in [1.165, 1.54) is 0 Å². The summed E-state index contributed by atoms with van der Waals surface area (Å²) < 4.78 is 87.4. The molecule has 0 saturated carbocycles. The molecule has 4 rings (SSSR count). The van der Waals surface area contributed by atoms with E-state index in [9.17, 15) is 31.5 Å². The summed E-state index contributed by atoms with van der Waals surface area (Å²) in [5, 5.41) is 4.21. The van der Waals surface area contributed by atoms with Crippen LogP contribution < -0.4 is 10.6 Å². The normalized spacial score (nSPS) is 24.0. The summed E-state index contributed by atoms with van der Waals surface area (Å²) in [5.74, 6) is -8.26. The van der Waals surface area contributed by atoms with Gasteiger partial charge >= 0.3 is 12.1 Å². The molecule has 6 nitrogen and oxygen atoms in total. The van der Waals surface area contributed by atoms with E-state index in [-0.39, 0.29) is 16.5 Å². The van der Waals surface area contributed by atoms with Crippen LogP contribution in [0.25, 0.3) is 0 Å². The highest BCUT2D eigenvalue weighted by atomic mass is 32.2. The molecule has 2 aromatic carbocycles. The molecule has 192 valence electrons. The summed E-state index contributed by atoms with van der Waals surface area (Å²) in [4.78, 5) is 28.4. The van der Waals surface area contributed by atoms with E-state index in [2.05, 4.69) is 10.3 Å². The minimum atomic E-state index is -5.20. The number of aliphatic imine (C=N–C) groups is 1. The van der Waals surface area contributed by atoms with Gasteiger partial charge in [-0.05, 0) is 30.3 Å². The molecule has 2 heterocycles. The summed E-state index contributed by atoms with van der Waals surface area (Å²) >= 11 is 0.964. The maximum absolute atomic E-state index is 15.1. The van der Waals surface area contributed by atoms with Gasteiger partial charge in [0, 0.05) is 35.4 Å². The van der Waals surface area contributed by atoms with Crippen molar-refractivity contribution in [3.63, 3.8) is 0 Å². The van der Waals surface area contributed by atoms with Gasteiger partial charge in [-0.1, -0.05) is 30.0 Å². The minimum absolute atomic E-state index is 0.00732. The van der Waals surface area contributed by atoms with Crippen LogP contribution >= 0.6 is 11.8 Å². The topological polar surface area (TPSA) is 79.8 Å². The lowest BCUT2D eigenvalue weighted by Gasteiger charge is -2.37. The van der Waals surface area contributed by atoms with Gasteiger partial charge in [-0.2, -0.15) is 13.2 Å². The van der Waals surface area contributed by atoms with Crippen molar-refractivity contribution in [3.05, 3.63) is 65.5 Å². The van der Waals surface area contributed by atoms with Gasteiger partial charge in [0.25, 0.3) is 11.8 Å². The van der Waals surface area contributed by atoms with Gasteiger partial charge in [0.1, 0.15) is 17.5 Å². The third kappa shape index (κ3) is 5.07. The summed E-state index contributed by atoms with van der Waals surface area (Å²) in [6.45, 7) is 0.121. The molecule has 1 saturated heterocycles.